The molecule has 5 nitrogen and oxygen atoms in total. The molecule has 2 rings (SSSR count). The number of aryl methyl sites for hydroxylation is 1. The minimum atomic E-state index is -0.701. The normalized spacial score (nSPS) is 10.5. The Morgan fingerprint density at radius 3 is 2.78 bits per heavy atom. The van der Waals surface area contributed by atoms with Gasteiger partial charge < -0.3 is 10.2 Å². The van der Waals surface area contributed by atoms with Gasteiger partial charge in [-0.2, -0.15) is 15.2 Å². The fraction of sp³-hybridized carbons (Fsp3) is 0.182. The molecule has 0 aliphatic heterocycles. The fourth-order valence-corrected chi connectivity index (χ4v) is 2.10. The van der Waals surface area contributed by atoms with Gasteiger partial charge in [-0.1, -0.05) is 0 Å². The Balaban J connectivity index is 2.72. The van der Waals surface area contributed by atoms with Gasteiger partial charge in [0, 0.05) is 6.42 Å². The summed E-state index contributed by atoms with van der Waals surface area (Å²) in [5.74, 6) is -1.20. The van der Waals surface area contributed by atoms with Crippen molar-refractivity contribution in [2.24, 2.45) is 0 Å². The van der Waals surface area contributed by atoms with Crippen molar-refractivity contribution in [3.05, 3.63) is 21.9 Å². The lowest BCUT2D eigenvalue weighted by molar-refractivity contribution is 0.402. The number of aromatic nitrogens is 2. The third-order valence-corrected chi connectivity index (χ3v) is 3.28. The second kappa shape index (κ2) is 4.74. The molecule has 1 aromatic heterocycles. The molecule has 2 aromatic rings. The van der Waals surface area contributed by atoms with E-state index in [0.717, 1.165) is 0 Å². The van der Waals surface area contributed by atoms with E-state index < -0.39 is 17.7 Å². The number of hydrogen-bond acceptors (Lipinski definition) is 5. The van der Waals surface area contributed by atoms with Crippen molar-refractivity contribution in [3.63, 3.8) is 0 Å². The van der Waals surface area contributed by atoms with Gasteiger partial charge in [-0.15, -0.1) is 0 Å². The highest BCUT2D eigenvalue weighted by Crippen LogP contribution is 2.33. The molecular weight excluding hydrogens is 305 g/mol. The van der Waals surface area contributed by atoms with Crippen LogP contribution < -0.4 is 0 Å². The summed E-state index contributed by atoms with van der Waals surface area (Å²) in [4.78, 5) is 6.88. The predicted octanol–water partition coefficient (Wildman–Crippen LogP) is 2.40. The topological polar surface area (TPSA) is 90.0 Å². The Morgan fingerprint density at radius 2 is 2.11 bits per heavy atom. The first-order valence-electron chi connectivity index (χ1n) is 4.98. The summed E-state index contributed by atoms with van der Waals surface area (Å²) in [5, 5.41) is 27.3. The zero-order chi connectivity index (χ0) is 13.3. The molecule has 0 bridgehead atoms. The monoisotopic (exact) mass is 311 g/mol. The van der Waals surface area contributed by atoms with Gasteiger partial charge in [0.2, 0.25) is 5.88 Å². The Morgan fingerprint density at radius 1 is 1.39 bits per heavy atom. The van der Waals surface area contributed by atoms with Gasteiger partial charge in [0.05, 0.1) is 15.9 Å². The van der Waals surface area contributed by atoms with Crippen LogP contribution in [0.5, 0.6) is 11.9 Å². The summed E-state index contributed by atoms with van der Waals surface area (Å²) in [6.07, 6.45) is 0.563. The maximum atomic E-state index is 14.0. The van der Waals surface area contributed by atoms with Crippen molar-refractivity contribution in [1.29, 1.82) is 5.26 Å². The van der Waals surface area contributed by atoms with Crippen LogP contribution in [0.3, 0.4) is 0 Å². The number of hydrogen-bond donors (Lipinski definition) is 2. The van der Waals surface area contributed by atoms with Crippen LogP contribution in [-0.4, -0.2) is 20.2 Å². The lowest BCUT2D eigenvalue weighted by atomic mass is 10.1. The molecule has 0 atom stereocenters. The van der Waals surface area contributed by atoms with E-state index in [0.29, 0.717) is 12.0 Å². The first-order chi connectivity index (χ1) is 8.54. The van der Waals surface area contributed by atoms with E-state index in [1.807, 2.05) is 6.07 Å². The number of halogens is 2. The molecule has 0 saturated carbocycles. The quantitative estimate of drug-likeness (QED) is 0.888. The molecule has 0 radical (unpaired) electrons. The second-order valence-electron chi connectivity index (χ2n) is 3.57. The average Bonchev–Trinajstić information content (AvgIpc) is 2.33. The van der Waals surface area contributed by atoms with Crippen molar-refractivity contribution >= 4 is 26.8 Å². The molecule has 18 heavy (non-hydrogen) atoms. The summed E-state index contributed by atoms with van der Waals surface area (Å²) < 4.78 is 14.2. The van der Waals surface area contributed by atoms with Crippen LogP contribution >= 0.6 is 15.9 Å². The van der Waals surface area contributed by atoms with E-state index in [-0.39, 0.29) is 21.8 Å². The second-order valence-corrected chi connectivity index (χ2v) is 4.36. The molecule has 0 amide bonds. The molecule has 7 heteroatoms. The van der Waals surface area contributed by atoms with Gasteiger partial charge >= 0.3 is 6.01 Å². The van der Waals surface area contributed by atoms with Crippen molar-refractivity contribution in [1.82, 2.24) is 9.97 Å². The highest BCUT2D eigenvalue weighted by Gasteiger charge is 2.16. The van der Waals surface area contributed by atoms with Gasteiger partial charge in [0.1, 0.15) is 5.52 Å². The number of rotatable bonds is 2. The van der Waals surface area contributed by atoms with E-state index in [4.69, 9.17) is 10.4 Å². The standard InChI is InChI=1S/C11H7BrFN3O2/c12-7-5(2-1-3-14)4-6-9(8(7)13)15-11(18)16-10(6)17/h4H,1-2H2,(H2,15,16,17,18). The van der Waals surface area contributed by atoms with Gasteiger partial charge in [0.25, 0.3) is 0 Å². The molecule has 1 heterocycles. The number of nitriles is 1. The maximum Gasteiger partial charge on any atom is 0.317 e. The van der Waals surface area contributed by atoms with Crippen LogP contribution in [0.25, 0.3) is 10.9 Å². The third kappa shape index (κ3) is 2.07. The van der Waals surface area contributed by atoms with E-state index in [2.05, 4.69) is 25.9 Å². The van der Waals surface area contributed by atoms with E-state index in [1.165, 1.54) is 6.07 Å². The number of nitrogens with zero attached hydrogens (tertiary/aromatic N) is 3. The maximum absolute atomic E-state index is 14.0. The predicted molar refractivity (Wildman–Crippen MR) is 64.5 cm³/mol. The molecule has 0 aliphatic carbocycles. The van der Waals surface area contributed by atoms with Crippen LogP contribution in [0.2, 0.25) is 0 Å². The SMILES string of the molecule is N#CCCc1cc2c(O)nc(O)nc2c(F)c1Br. The van der Waals surface area contributed by atoms with Crippen LogP contribution in [0.1, 0.15) is 12.0 Å². The molecule has 0 aliphatic rings. The lowest BCUT2D eigenvalue weighted by Crippen LogP contribution is -1.95. The molecule has 1 aromatic carbocycles. The Bertz CT molecular complexity index is 670. The van der Waals surface area contributed by atoms with Crippen LogP contribution in [0, 0.1) is 17.1 Å². The highest BCUT2D eigenvalue weighted by molar-refractivity contribution is 9.10. The molecule has 2 N–H and O–H groups in total. The van der Waals surface area contributed by atoms with Crippen molar-refractivity contribution in [3.8, 4) is 18.0 Å². The van der Waals surface area contributed by atoms with Crippen LogP contribution in [0.15, 0.2) is 10.5 Å². The first-order valence-corrected chi connectivity index (χ1v) is 5.77. The minimum absolute atomic E-state index is 0.0986. The zero-order valence-electron chi connectivity index (χ0n) is 8.98. The van der Waals surface area contributed by atoms with E-state index in [9.17, 15) is 9.50 Å². The van der Waals surface area contributed by atoms with Crippen LogP contribution in [0.4, 0.5) is 4.39 Å². The number of benzene rings is 1. The smallest absolute Gasteiger partial charge is 0.317 e. The van der Waals surface area contributed by atoms with Crippen molar-refractivity contribution < 1.29 is 14.6 Å². The summed E-state index contributed by atoms with van der Waals surface area (Å²) in [7, 11) is 0. The van der Waals surface area contributed by atoms with Gasteiger partial charge in [-0.05, 0) is 34.0 Å². The van der Waals surface area contributed by atoms with Gasteiger partial charge in [0.15, 0.2) is 5.82 Å². The Hall–Kier alpha value is -1.94. The summed E-state index contributed by atoms with van der Waals surface area (Å²) in [6, 6.07) is 2.75. The number of fused-ring (bicyclic) bond motifs is 1. The Labute approximate surface area is 110 Å². The molecule has 92 valence electrons. The molecular formula is C11H7BrFN3O2. The zero-order valence-corrected chi connectivity index (χ0v) is 10.6. The van der Waals surface area contributed by atoms with Crippen LogP contribution in [-0.2, 0) is 6.42 Å². The summed E-state index contributed by atoms with van der Waals surface area (Å²) in [5.41, 5.74) is 0.360. The first kappa shape index (κ1) is 12.5. The summed E-state index contributed by atoms with van der Waals surface area (Å²) in [6.45, 7) is 0. The highest BCUT2D eigenvalue weighted by atomic mass is 79.9. The molecule has 0 unspecified atom stereocenters. The number of aromatic hydroxyl groups is 2. The molecule has 0 fully saturated rings. The molecule has 0 spiro atoms. The third-order valence-electron chi connectivity index (χ3n) is 2.42. The van der Waals surface area contributed by atoms with Crippen molar-refractivity contribution in [2.45, 2.75) is 12.8 Å². The lowest BCUT2D eigenvalue weighted by Gasteiger charge is -2.08. The molecule has 0 saturated heterocycles. The summed E-state index contributed by atoms with van der Waals surface area (Å²) >= 11 is 3.07. The van der Waals surface area contributed by atoms with Crippen molar-refractivity contribution in [2.75, 3.05) is 0 Å². The van der Waals surface area contributed by atoms with E-state index in [1.54, 1.807) is 0 Å². The van der Waals surface area contributed by atoms with Gasteiger partial charge in [-0.3, -0.25) is 0 Å². The minimum Gasteiger partial charge on any atom is -0.493 e. The Kier molecular flexibility index (Phi) is 3.30. The van der Waals surface area contributed by atoms with Gasteiger partial charge in [-0.25, -0.2) is 4.39 Å². The van der Waals surface area contributed by atoms with E-state index >= 15 is 0 Å². The largest absolute Gasteiger partial charge is 0.493 e. The fourth-order valence-electron chi connectivity index (χ4n) is 1.60. The average molecular weight is 312 g/mol.